The summed E-state index contributed by atoms with van der Waals surface area (Å²) < 4.78 is 0. The quantitative estimate of drug-likeness (QED) is 0.666. The van der Waals surface area contributed by atoms with E-state index in [1.807, 2.05) is 4.90 Å². The van der Waals surface area contributed by atoms with Gasteiger partial charge in [0.15, 0.2) is 0 Å². The first-order valence-corrected chi connectivity index (χ1v) is 5.57. The summed E-state index contributed by atoms with van der Waals surface area (Å²) in [6.45, 7) is 12.8. The van der Waals surface area contributed by atoms with Crippen molar-refractivity contribution in [3.05, 3.63) is 0 Å². The van der Waals surface area contributed by atoms with Gasteiger partial charge in [0, 0.05) is 19.5 Å². The minimum Gasteiger partial charge on any atom is -0.342 e. The van der Waals surface area contributed by atoms with E-state index in [9.17, 15) is 4.79 Å². The molecule has 2 heteroatoms. The van der Waals surface area contributed by atoms with Crippen molar-refractivity contribution in [1.82, 2.24) is 4.90 Å². The van der Waals surface area contributed by atoms with Gasteiger partial charge in [0.2, 0.25) is 5.91 Å². The number of hydrogen-bond acceptors (Lipinski definition) is 1. The van der Waals surface area contributed by atoms with E-state index in [0.29, 0.717) is 18.2 Å². The minimum absolute atomic E-state index is 0.125. The van der Waals surface area contributed by atoms with Crippen LogP contribution in [0.1, 0.15) is 41.0 Å². The van der Waals surface area contributed by atoms with Crippen molar-refractivity contribution in [3.63, 3.8) is 0 Å². The smallest absolute Gasteiger partial charge is 0.223 e. The molecule has 0 aromatic heterocycles. The fourth-order valence-electron chi connectivity index (χ4n) is 1.70. The number of carbonyl (C=O) groups is 1. The lowest BCUT2D eigenvalue weighted by Crippen LogP contribution is -2.52. The molecule has 0 aliphatic carbocycles. The first kappa shape index (κ1) is 11.5. The van der Waals surface area contributed by atoms with Crippen molar-refractivity contribution in [2.24, 2.45) is 17.3 Å². The molecule has 0 atom stereocenters. The van der Waals surface area contributed by atoms with Gasteiger partial charge in [0.1, 0.15) is 0 Å². The Kier molecular flexibility index (Phi) is 3.23. The van der Waals surface area contributed by atoms with Crippen LogP contribution in [-0.4, -0.2) is 23.9 Å². The van der Waals surface area contributed by atoms with Crippen LogP contribution in [0, 0.1) is 17.3 Å². The van der Waals surface area contributed by atoms with E-state index in [0.717, 1.165) is 19.0 Å². The summed E-state index contributed by atoms with van der Waals surface area (Å²) in [6, 6.07) is 0. The zero-order valence-corrected chi connectivity index (χ0v) is 10.1. The molecule has 0 unspecified atom stereocenters. The van der Waals surface area contributed by atoms with Gasteiger partial charge in [-0.25, -0.2) is 0 Å². The summed E-state index contributed by atoms with van der Waals surface area (Å²) in [5.41, 5.74) is 0.125. The fourth-order valence-corrected chi connectivity index (χ4v) is 1.70. The lowest BCUT2D eigenvalue weighted by molar-refractivity contribution is -0.140. The van der Waals surface area contributed by atoms with Crippen molar-refractivity contribution in [2.45, 2.75) is 41.0 Å². The predicted octanol–water partition coefficient (Wildman–Crippen LogP) is 2.54. The normalized spacial score (nSPS) is 18.6. The maximum Gasteiger partial charge on any atom is 0.223 e. The Hall–Kier alpha value is -0.530. The average molecular weight is 197 g/mol. The summed E-state index contributed by atoms with van der Waals surface area (Å²) in [5, 5.41) is 0. The summed E-state index contributed by atoms with van der Waals surface area (Å²) in [5.74, 6) is 1.78. The number of carbonyl (C=O) groups excluding carboxylic acids is 1. The maximum atomic E-state index is 11.7. The van der Waals surface area contributed by atoms with Crippen LogP contribution < -0.4 is 0 Å². The Labute approximate surface area is 87.7 Å². The largest absolute Gasteiger partial charge is 0.342 e. The van der Waals surface area contributed by atoms with Gasteiger partial charge in [-0.15, -0.1) is 0 Å². The van der Waals surface area contributed by atoms with E-state index in [1.54, 1.807) is 0 Å². The molecule has 1 aliphatic rings. The van der Waals surface area contributed by atoms with E-state index in [-0.39, 0.29) is 5.41 Å². The highest BCUT2D eigenvalue weighted by atomic mass is 16.2. The first-order valence-electron chi connectivity index (χ1n) is 5.57. The SMILES string of the molecule is CC(C)C1CN(C(=O)CC(C)(C)C)C1. The molecule has 1 amide bonds. The second-order valence-electron chi connectivity index (χ2n) is 6.04. The van der Waals surface area contributed by atoms with Gasteiger partial charge in [0.05, 0.1) is 0 Å². The van der Waals surface area contributed by atoms with Crippen LogP contribution in [0.2, 0.25) is 0 Å². The van der Waals surface area contributed by atoms with E-state index in [4.69, 9.17) is 0 Å². The number of hydrogen-bond donors (Lipinski definition) is 0. The molecular formula is C12H23NO. The van der Waals surface area contributed by atoms with Gasteiger partial charge in [-0.05, 0) is 17.3 Å². The van der Waals surface area contributed by atoms with E-state index in [1.165, 1.54) is 0 Å². The molecule has 0 radical (unpaired) electrons. The molecule has 0 spiro atoms. The van der Waals surface area contributed by atoms with Crippen molar-refractivity contribution >= 4 is 5.91 Å². The number of nitrogens with zero attached hydrogens (tertiary/aromatic N) is 1. The lowest BCUT2D eigenvalue weighted by Gasteiger charge is -2.42. The first-order chi connectivity index (χ1) is 6.29. The Balaban J connectivity index is 2.30. The molecule has 2 nitrogen and oxygen atoms in total. The van der Waals surface area contributed by atoms with E-state index >= 15 is 0 Å². The third kappa shape index (κ3) is 3.00. The second kappa shape index (κ2) is 3.92. The molecule has 0 bridgehead atoms. The molecule has 0 saturated carbocycles. The molecule has 82 valence electrons. The van der Waals surface area contributed by atoms with Crippen LogP contribution in [0.15, 0.2) is 0 Å². The molecule has 1 aliphatic heterocycles. The molecular weight excluding hydrogens is 174 g/mol. The standard InChI is InChI=1S/C12H23NO/c1-9(2)10-7-13(8-10)11(14)6-12(3,4)5/h9-10H,6-8H2,1-5H3. The van der Waals surface area contributed by atoms with Crippen molar-refractivity contribution in [1.29, 1.82) is 0 Å². The van der Waals surface area contributed by atoms with Crippen molar-refractivity contribution in [2.75, 3.05) is 13.1 Å². The van der Waals surface area contributed by atoms with Crippen LogP contribution in [0.5, 0.6) is 0 Å². The third-order valence-corrected chi connectivity index (χ3v) is 2.89. The molecule has 1 rings (SSSR count). The Bertz CT molecular complexity index is 209. The molecule has 0 aromatic carbocycles. The molecule has 1 fully saturated rings. The Morgan fingerprint density at radius 2 is 1.86 bits per heavy atom. The fraction of sp³-hybridized carbons (Fsp3) is 0.917. The number of likely N-dealkylation sites (tertiary alicyclic amines) is 1. The molecule has 0 N–H and O–H groups in total. The summed E-state index contributed by atoms with van der Waals surface area (Å²) >= 11 is 0. The van der Waals surface area contributed by atoms with Gasteiger partial charge >= 0.3 is 0 Å². The van der Waals surface area contributed by atoms with Crippen LogP contribution >= 0.6 is 0 Å². The van der Waals surface area contributed by atoms with E-state index in [2.05, 4.69) is 34.6 Å². The molecule has 1 saturated heterocycles. The average Bonchev–Trinajstić information content (AvgIpc) is 1.75. The summed E-state index contributed by atoms with van der Waals surface area (Å²) in [6.07, 6.45) is 0.678. The summed E-state index contributed by atoms with van der Waals surface area (Å²) in [4.78, 5) is 13.7. The van der Waals surface area contributed by atoms with Gasteiger partial charge < -0.3 is 4.90 Å². The topological polar surface area (TPSA) is 20.3 Å². The van der Waals surface area contributed by atoms with Gasteiger partial charge in [-0.2, -0.15) is 0 Å². The zero-order valence-electron chi connectivity index (χ0n) is 10.1. The Morgan fingerprint density at radius 1 is 1.36 bits per heavy atom. The number of rotatable bonds is 2. The van der Waals surface area contributed by atoms with Gasteiger partial charge in [-0.1, -0.05) is 34.6 Å². The van der Waals surface area contributed by atoms with Crippen molar-refractivity contribution in [3.8, 4) is 0 Å². The molecule has 14 heavy (non-hydrogen) atoms. The van der Waals surface area contributed by atoms with Crippen LogP contribution in [0.4, 0.5) is 0 Å². The second-order valence-corrected chi connectivity index (χ2v) is 6.04. The number of amides is 1. The maximum absolute atomic E-state index is 11.7. The van der Waals surface area contributed by atoms with Crippen molar-refractivity contribution < 1.29 is 4.79 Å². The summed E-state index contributed by atoms with van der Waals surface area (Å²) in [7, 11) is 0. The minimum atomic E-state index is 0.125. The lowest BCUT2D eigenvalue weighted by atomic mass is 9.86. The Morgan fingerprint density at radius 3 is 2.21 bits per heavy atom. The molecule has 1 heterocycles. The van der Waals surface area contributed by atoms with Crippen LogP contribution in [0.3, 0.4) is 0 Å². The van der Waals surface area contributed by atoms with E-state index < -0.39 is 0 Å². The highest BCUT2D eigenvalue weighted by molar-refractivity contribution is 5.77. The molecule has 0 aromatic rings. The highest BCUT2D eigenvalue weighted by Gasteiger charge is 2.33. The van der Waals surface area contributed by atoms with Crippen LogP contribution in [-0.2, 0) is 4.79 Å². The highest BCUT2D eigenvalue weighted by Crippen LogP contribution is 2.27. The predicted molar refractivity (Wildman–Crippen MR) is 59.0 cm³/mol. The monoisotopic (exact) mass is 197 g/mol. The van der Waals surface area contributed by atoms with Gasteiger partial charge in [-0.3, -0.25) is 4.79 Å². The zero-order chi connectivity index (χ0) is 10.9. The van der Waals surface area contributed by atoms with Gasteiger partial charge in [0.25, 0.3) is 0 Å². The van der Waals surface area contributed by atoms with Crippen LogP contribution in [0.25, 0.3) is 0 Å². The third-order valence-electron chi connectivity index (χ3n) is 2.89.